The maximum atomic E-state index is 14.0. The van der Waals surface area contributed by atoms with Crippen molar-refractivity contribution in [1.29, 1.82) is 0 Å². The summed E-state index contributed by atoms with van der Waals surface area (Å²) in [6, 6.07) is 14.5. The standard InChI is InChI=1S/C30H31Cl2F3N4O4S/c1-17(2)26(28(36)40)37-29(41)20-12-21(30(33,34)35)14-24(13-20)39(44(3,42)43)25-15-38(16-25)27(18-4-8-22(31)9-5-18)19-6-10-23(32)11-7-19/h4-14,17,25-27H,15-16H2,1-3H3,(H2,36,40)(H,37,41)/t26-/m0/s1. The van der Waals surface area contributed by atoms with Gasteiger partial charge in [-0.25, -0.2) is 8.42 Å². The molecule has 236 valence electrons. The second-order valence-corrected chi connectivity index (χ2v) is 13.8. The van der Waals surface area contributed by atoms with Gasteiger partial charge in [-0.05, 0) is 59.5 Å². The minimum atomic E-state index is -4.89. The lowest BCUT2D eigenvalue weighted by molar-refractivity contribution is -0.137. The molecule has 0 bridgehead atoms. The van der Waals surface area contributed by atoms with Crippen molar-refractivity contribution in [1.82, 2.24) is 10.2 Å². The predicted octanol–water partition coefficient (Wildman–Crippen LogP) is 5.49. The van der Waals surface area contributed by atoms with Crippen LogP contribution in [-0.4, -0.2) is 56.6 Å². The number of nitrogens with zero attached hydrogens (tertiary/aromatic N) is 2. The van der Waals surface area contributed by atoms with Crippen molar-refractivity contribution < 1.29 is 31.2 Å². The Balaban J connectivity index is 1.71. The van der Waals surface area contributed by atoms with E-state index in [0.29, 0.717) is 22.2 Å². The molecule has 44 heavy (non-hydrogen) atoms. The highest BCUT2D eigenvalue weighted by atomic mass is 35.5. The van der Waals surface area contributed by atoms with Crippen LogP contribution >= 0.6 is 23.2 Å². The molecule has 1 aliphatic heterocycles. The van der Waals surface area contributed by atoms with Crippen LogP contribution in [0.15, 0.2) is 66.7 Å². The Kier molecular flexibility index (Phi) is 9.89. The topological polar surface area (TPSA) is 113 Å². The first-order valence-electron chi connectivity index (χ1n) is 13.5. The first kappa shape index (κ1) is 33.6. The van der Waals surface area contributed by atoms with Crippen molar-refractivity contribution in [2.75, 3.05) is 23.7 Å². The molecule has 0 saturated carbocycles. The highest BCUT2D eigenvalue weighted by molar-refractivity contribution is 7.92. The van der Waals surface area contributed by atoms with Gasteiger partial charge in [-0.15, -0.1) is 0 Å². The van der Waals surface area contributed by atoms with Crippen LogP contribution < -0.4 is 15.4 Å². The summed E-state index contributed by atoms with van der Waals surface area (Å²) in [4.78, 5) is 26.8. The molecule has 3 N–H and O–H groups in total. The third-order valence-electron chi connectivity index (χ3n) is 7.34. The second-order valence-electron chi connectivity index (χ2n) is 11.0. The number of hydrogen-bond acceptors (Lipinski definition) is 5. The molecule has 4 rings (SSSR count). The third kappa shape index (κ3) is 7.66. The number of halogens is 5. The van der Waals surface area contributed by atoms with Gasteiger partial charge in [0, 0.05) is 28.7 Å². The van der Waals surface area contributed by atoms with Crippen molar-refractivity contribution in [2.45, 2.75) is 38.1 Å². The number of carbonyl (C=O) groups is 2. The van der Waals surface area contributed by atoms with Gasteiger partial charge in [-0.1, -0.05) is 61.3 Å². The van der Waals surface area contributed by atoms with Crippen LogP contribution in [0.25, 0.3) is 0 Å². The lowest BCUT2D eigenvalue weighted by atomic mass is 9.93. The van der Waals surface area contributed by atoms with Crippen LogP contribution in [0.4, 0.5) is 18.9 Å². The summed E-state index contributed by atoms with van der Waals surface area (Å²) in [7, 11) is -4.12. The number of primary amides is 1. The van der Waals surface area contributed by atoms with E-state index in [-0.39, 0.29) is 24.8 Å². The van der Waals surface area contributed by atoms with Gasteiger partial charge < -0.3 is 11.1 Å². The van der Waals surface area contributed by atoms with E-state index >= 15 is 0 Å². The number of nitrogens with one attached hydrogen (secondary N) is 1. The first-order chi connectivity index (χ1) is 20.5. The summed E-state index contributed by atoms with van der Waals surface area (Å²) in [5.41, 5.74) is 5.09. The third-order valence-corrected chi connectivity index (χ3v) is 9.07. The fourth-order valence-corrected chi connectivity index (χ4v) is 6.66. The van der Waals surface area contributed by atoms with Gasteiger partial charge in [0.25, 0.3) is 5.91 Å². The number of alkyl halides is 3. The maximum Gasteiger partial charge on any atom is 0.416 e. The Bertz CT molecular complexity index is 1580. The number of amides is 2. The van der Waals surface area contributed by atoms with E-state index in [1.807, 2.05) is 29.2 Å². The number of benzene rings is 3. The Morgan fingerprint density at radius 2 is 1.45 bits per heavy atom. The van der Waals surface area contributed by atoms with Crippen molar-refractivity contribution in [3.8, 4) is 0 Å². The molecule has 1 aliphatic rings. The van der Waals surface area contributed by atoms with Gasteiger partial charge in [-0.3, -0.25) is 18.8 Å². The Labute approximate surface area is 264 Å². The molecule has 1 fully saturated rings. The van der Waals surface area contributed by atoms with Crippen LogP contribution in [0.2, 0.25) is 10.0 Å². The smallest absolute Gasteiger partial charge is 0.368 e. The normalized spacial score (nSPS) is 15.2. The van der Waals surface area contributed by atoms with Gasteiger partial charge in [-0.2, -0.15) is 13.2 Å². The lowest BCUT2D eigenvalue weighted by Crippen LogP contribution is -2.61. The number of rotatable bonds is 10. The number of anilines is 1. The molecule has 1 saturated heterocycles. The van der Waals surface area contributed by atoms with E-state index in [1.165, 1.54) is 0 Å². The van der Waals surface area contributed by atoms with Gasteiger partial charge in [0.2, 0.25) is 15.9 Å². The van der Waals surface area contributed by atoms with Gasteiger partial charge in [0.15, 0.2) is 0 Å². The highest BCUT2D eigenvalue weighted by Gasteiger charge is 2.42. The summed E-state index contributed by atoms with van der Waals surface area (Å²) in [5, 5.41) is 3.43. The van der Waals surface area contributed by atoms with E-state index in [4.69, 9.17) is 28.9 Å². The molecular formula is C30H31Cl2F3N4O4S. The molecule has 0 unspecified atom stereocenters. The molecule has 1 heterocycles. The van der Waals surface area contributed by atoms with Gasteiger partial charge in [0.05, 0.1) is 29.6 Å². The largest absolute Gasteiger partial charge is 0.416 e. The second kappa shape index (κ2) is 13.0. The van der Waals surface area contributed by atoms with E-state index in [9.17, 15) is 31.2 Å². The molecule has 2 amide bonds. The molecule has 0 aromatic heterocycles. The molecule has 1 atom stereocenters. The number of hydrogen-bond donors (Lipinski definition) is 2. The van der Waals surface area contributed by atoms with E-state index in [1.54, 1.807) is 38.1 Å². The SMILES string of the molecule is CC(C)[C@H](NC(=O)c1cc(N(C2CN(C(c3ccc(Cl)cc3)c3ccc(Cl)cc3)C2)S(C)(=O)=O)cc(C(F)(F)F)c1)C(N)=O. The molecule has 0 aliphatic carbocycles. The quantitative estimate of drug-likeness (QED) is 0.296. The van der Waals surface area contributed by atoms with Crippen molar-refractivity contribution in [2.24, 2.45) is 11.7 Å². The van der Waals surface area contributed by atoms with Crippen LogP contribution in [0, 0.1) is 5.92 Å². The maximum absolute atomic E-state index is 14.0. The average Bonchev–Trinajstić information content (AvgIpc) is 2.90. The first-order valence-corrected chi connectivity index (χ1v) is 16.1. The Morgan fingerprint density at radius 3 is 1.86 bits per heavy atom. The molecule has 8 nitrogen and oxygen atoms in total. The zero-order valence-corrected chi connectivity index (χ0v) is 26.3. The molecular weight excluding hydrogens is 640 g/mol. The van der Waals surface area contributed by atoms with Crippen LogP contribution in [0.1, 0.15) is 46.9 Å². The number of sulfonamides is 1. The fraction of sp³-hybridized carbons (Fsp3) is 0.333. The number of carbonyl (C=O) groups excluding carboxylic acids is 2. The monoisotopic (exact) mass is 670 g/mol. The molecule has 0 spiro atoms. The summed E-state index contributed by atoms with van der Waals surface area (Å²) in [5.74, 6) is -2.29. The minimum Gasteiger partial charge on any atom is -0.368 e. The van der Waals surface area contributed by atoms with Crippen LogP contribution in [0.5, 0.6) is 0 Å². The lowest BCUT2D eigenvalue weighted by Gasteiger charge is -2.49. The van der Waals surface area contributed by atoms with Gasteiger partial charge in [0.1, 0.15) is 6.04 Å². The summed E-state index contributed by atoms with van der Waals surface area (Å²) < 4.78 is 69.0. The summed E-state index contributed by atoms with van der Waals surface area (Å²) >= 11 is 12.2. The zero-order valence-electron chi connectivity index (χ0n) is 24.0. The molecule has 3 aromatic carbocycles. The molecule has 14 heteroatoms. The van der Waals surface area contributed by atoms with Crippen LogP contribution in [-0.2, 0) is 21.0 Å². The van der Waals surface area contributed by atoms with E-state index in [0.717, 1.165) is 27.8 Å². The Morgan fingerprint density at radius 1 is 0.955 bits per heavy atom. The van der Waals surface area contributed by atoms with Crippen molar-refractivity contribution in [3.05, 3.63) is 99.0 Å². The van der Waals surface area contributed by atoms with E-state index < -0.39 is 57.1 Å². The molecule has 0 radical (unpaired) electrons. The zero-order chi connectivity index (χ0) is 32.6. The predicted molar refractivity (Wildman–Crippen MR) is 164 cm³/mol. The van der Waals surface area contributed by atoms with Gasteiger partial charge >= 0.3 is 6.18 Å². The summed E-state index contributed by atoms with van der Waals surface area (Å²) in [6.07, 6.45) is -4.00. The fourth-order valence-electron chi connectivity index (χ4n) is 5.25. The van der Waals surface area contributed by atoms with Crippen molar-refractivity contribution in [3.63, 3.8) is 0 Å². The Hall–Kier alpha value is -3.32. The molecule has 3 aromatic rings. The number of likely N-dealkylation sites (tertiary alicyclic amines) is 1. The van der Waals surface area contributed by atoms with Crippen LogP contribution in [0.3, 0.4) is 0 Å². The van der Waals surface area contributed by atoms with Crippen molar-refractivity contribution >= 4 is 50.7 Å². The average molecular weight is 672 g/mol. The summed E-state index contributed by atoms with van der Waals surface area (Å²) in [6.45, 7) is 3.56. The minimum absolute atomic E-state index is 0.165. The van der Waals surface area contributed by atoms with E-state index in [2.05, 4.69) is 5.32 Å². The number of nitrogens with two attached hydrogens (primary N) is 1. The highest BCUT2D eigenvalue weighted by Crippen LogP contribution is 2.39.